The highest BCUT2D eigenvalue weighted by atomic mass is 35.5. The van der Waals surface area contributed by atoms with Crippen LogP contribution in [0.2, 0.25) is 0 Å². The first kappa shape index (κ1) is 12.0. The van der Waals surface area contributed by atoms with E-state index < -0.39 is 0 Å². The quantitative estimate of drug-likeness (QED) is 0.597. The standard InChI is InChI=1S/C10H16ClN3O/c1-14(8-9-6-12-13-7-9)10(15)4-2-3-5-11/h6-7H,2-5,8H2,1H3,(H,12,13). The Morgan fingerprint density at radius 3 is 3.00 bits per heavy atom. The Bertz CT molecular complexity index is 287. The van der Waals surface area contributed by atoms with Crippen molar-refractivity contribution in [1.82, 2.24) is 15.1 Å². The van der Waals surface area contributed by atoms with E-state index in [9.17, 15) is 4.79 Å². The average Bonchev–Trinajstić information content (AvgIpc) is 2.70. The molecule has 1 N–H and O–H groups in total. The van der Waals surface area contributed by atoms with Gasteiger partial charge in [-0.1, -0.05) is 0 Å². The number of nitrogens with one attached hydrogen (secondary N) is 1. The van der Waals surface area contributed by atoms with Crippen molar-refractivity contribution in [2.45, 2.75) is 25.8 Å². The summed E-state index contributed by atoms with van der Waals surface area (Å²) in [5, 5.41) is 6.55. The summed E-state index contributed by atoms with van der Waals surface area (Å²) in [6.45, 7) is 0.607. The maximum Gasteiger partial charge on any atom is 0.222 e. The molecule has 0 spiro atoms. The Labute approximate surface area is 94.6 Å². The first-order chi connectivity index (χ1) is 7.24. The number of hydrogen-bond donors (Lipinski definition) is 1. The second-order valence-corrected chi connectivity index (χ2v) is 3.88. The number of rotatable bonds is 6. The third kappa shape index (κ3) is 4.34. The lowest BCUT2D eigenvalue weighted by Crippen LogP contribution is -2.25. The molecule has 0 fully saturated rings. The molecule has 0 unspecified atom stereocenters. The molecule has 1 aromatic rings. The van der Waals surface area contributed by atoms with E-state index in [1.54, 1.807) is 24.3 Å². The van der Waals surface area contributed by atoms with Gasteiger partial charge in [0.25, 0.3) is 0 Å². The first-order valence-electron chi connectivity index (χ1n) is 5.01. The van der Waals surface area contributed by atoms with Gasteiger partial charge in [0.15, 0.2) is 0 Å². The highest BCUT2D eigenvalue weighted by Gasteiger charge is 2.08. The molecule has 0 saturated heterocycles. The van der Waals surface area contributed by atoms with Crippen molar-refractivity contribution >= 4 is 17.5 Å². The Kier molecular flexibility index (Phi) is 5.18. The van der Waals surface area contributed by atoms with Crippen LogP contribution in [0.25, 0.3) is 0 Å². The summed E-state index contributed by atoms with van der Waals surface area (Å²) in [5.41, 5.74) is 1.02. The van der Waals surface area contributed by atoms with Crippen LogP contribution in [0, 0.1) is 0 Å². The van der Waals surface area contributed by atoms with Crippen molar-refractivity contribution in [1.29, 1.82) is 0 Å². The molecule has 15 heavy (non-hydrogen) atoms. The minimum absolute atomic E-state index is 0.154. The van der Waals surface area contributed by atoms with Gasteiger partial charge in [0.1, 0.15) is 0 Å². The fourth-order valence-electron chi connectivity index (χ4n) is 1.29. The van der Waals surface area contributed by atoms with Gasteiger partial charge in [-0.05, 0) is 12.8 Å². The van der Waals surface area contributed by atoms with E-state index in [-0.39, 0.29) is 5.91 Å². The minimum Gasteiger partial charge on any atom is -0.341 e. The van der Waals surface area contributed by atoms with Gasteiger partial charge < -0.3 is 4.90 Å². The van der Waals surface area contributed by atoms with Crippen molar-refractivity contribution in [2.24, 2.45) is 0 Å². The van der Waals surface area contributed by atoms with Gasteiger partial charge in [-0.15, -0.1) is 11.6 Å². The minimum atomic E-state index is 0.154. The molecule has 0 bridgehead atoms. The van der Waals surface area contributed by atoms with Crippen LogP contribution in [-0.2, 0) is 11.3 Å². The molecule has 1 aromatic heterocycles. The number of H-pyrrole nitrogens is 1. The zero-order valence-electron chi connectivity index (χ0n) is 8.87. The van der Waals surface area contributed by atoms with Gasteiger partial charge in [0.2, 0.25) is 5.91 Å². The normalized spacial score (nSPS) is 10.3. The van der Waals surface area contributed by atoms with E-state index in [2.05, 4.69) is 10.2 Å². The third-order valence-electron chi connectivity index (χ3n) is 2.17. The van der Waals surface area contributed by atoms with Crippen LogP contribution in [0.4, 0.5) is 0 Å². The maximum absolute atomic E-state index is 11.6. The predicted octanol–water partition coefficient (Wildman–Crippen LogP) is 1.78. The number of alkyl halides is 1. The van der Waals surface area contributed by atoms with Crippen molar-refractivity contribution in [3.8, 4) is 0 Å². The Morgan fingerprint density at radius 2 is 2.40 bits per heavy atom. The lowest BCUT2D eigenvalue weighted by atomic mass is 10.2. The zero-order valence-corrected chi connectivity index (χ0v) is 9.63. The number of aromatic nitrogens is 2. The lowest BCUT2D eigenvalue weighted by molar-refractivity contribution is -0.130. The number of halogens is 1. The molecule has 5 heteroatoms. The summed E-state index contributed by atoms with van der Waals surface area (Å²) in [7, 11) is 1.80. The molecule has 0 aliphatic heterocycles. The Morgan fingerprint density at radius 1 is 1.60 bits per heavy atom. The van der Waals surface area contributed by atoms with Crippen LogP contribution in [0.1, 0.15) is 24.8 Å². The zero-order chi connectivity index (χ0) is 11.1. The molecule has 84 valence electrons. The molecule has 0 aliphatic rings. The van der Waals surface area contributed by atoms with Crippen molar-refractivity contribution in [2.75, 3.05) is 12.9 Å². The summed E-state index contributed by atoms with van der Waals surface area (Å²) in [6.07, 6.45) is 5.84. The molecule has 0 saturated carbocycles. The van der Waals surface area contributed by atoms with Gasteiger partial charge in [0.05, 0.1) is 6.20 Å². The highest BCUT2D eigenvalue weighted by Crippen LogP contribution is 2.04. The molecule has 1 rings (SSSR count). The molecule has 1 amide bonds. The third-order valence-corrected chi connectivity index (χ3v) is 2.44. The van der Waals surface area contributed by atoms with E-state index >= 15 is 0 Å². The van der Waals surface area contributed by atoms with Gasteiger partial charge >= 0.3 is 0 Å². The summed E-state index contributed by atoms with van der Waals surface area (Å²) >= 11 is 5.54. The van der Waals surface area contributed by atoms with Crippen LogP contribution < -0.4 is 0 Å². The number of amides is 1. The van der Waals surface area contributed by atoms with Crippen molar-refractivity contribution < 1.29 is 4.79 Å². The van der Waals surface area contributed by atoms with Gasteiger partial charge in [0, 0.05) is 37.7 Å². The highest BCUT2D eigenvalue weighted by molar-refractivity contribution is 6.17. The largest absolute Gasteiger partial charge is 0.341 e. The smallest absolute Gasteiger partial charge is 0.222 e. The van der Waals surface area contributed by atoms with E-state index in [1.165, 1.54) is 0 Å². The number of carbonyl (C=O) groups excluding carboxylic acids is 1. The number of aromatic amines is 1. The second-order valence-electron chi connectivity index (χ2n) is 3.50. The SMILES string of the molecule is CN(Cc1cn[nH]c1)C(=O)CCCCCl. The molecular formula is C10H16ClN3O. The van der Waals surface area contributed by atoms with E-state index in [4.69, 9.17) is 11.6 Å². The van der Waals surface area contributed by atoms with Gasteiger partial charge in [-0.2, -0.15) is 5.10 Å². The summed E-state index contributed by atoms with van der Waals surface area (Å²) in [6, 6.07) is 0. The van der Waals surface area contributed by atoms with Crippen molar-refractivity contribution in [3.05, 3.63) is 18.0 Å². The summed E-state index contributed by atoms with van der Waals surface area (Å²) in [4.78, 5) is 13.3. The predicted molar refractivity (Wildman–Crippen MR) is 59.6 cm³/mol. The summed E-state index contributed by atoms with van der Waals surface area (Å²) in [5.74, 6) is 0.778. The van der Waals surface area contributed by atoms with Crippen LogP contribution in [0.15, 0.2) is 12.4 Å². The van der Waals surface area contributed by atoms with Gasteiger partial charge in [-0.25, -0.2) is 0 Å². The molecule has 0 atom stereocenters. The van der Waals surface area contributed by atoms with Crippen molar-refractivity contribution in [3.63, 3.8) is 0 Å². The van der Waals surface area contributed by atoms with E-state index in [1.807, 2.05) is 0 Å². The molecule has 1 heterocycles. The Hall–Kier alpha value is -1.03. The number of carbonyl (C=O) groups is 1. The molecule has 0 aromatic carbocycles. The maximum atomic E-state index is 11.6. The van der Waals surface area contributed by atoms with Crippen LogP contribution in [0.5, 0.6) is 0 Å². The lowest BCUT2D eigenvalue weighted by Gasteiger charge is -2.15. The molecular weight excluding hydrogens is 214 g/mol. The van der Waals surface area contributed by atoms with Gasteiger partial charge in [-0.3, -0.25) is 9.89 Å². The fraction of sp³-hybridized carbons (Fsp3) is 0.600. The fourth-order valence-corrected chi connectivity index (χ4v) is 1.48. The van der Waals surface area contributed by atoms with Crippen LogP contribution in [-0.4, -0.2) is 33.9 Å². The van der Waals surface area contributed by atoms with Crippen LogP contribution >= 0.6 is 11.6 Å². The summed E-state index contributed by atoms with van der Waals surface area (Å²) < 4.78 is 0. The number of hydrogen-bond acceptors (Lipinski definition) is 2. The molecule has 4 nitrogen and oxygen atoms in total. The monoisotopic (exact) mass is 229 g/mol. The number of unbranched alkanes of at least 4 members (excludes halogenated alkanes) is 1. The topological polar surface area (TPSA) is 49.0 Å². The number of nitrogens with zero attached hydrogens (tertiary/aromatic N) is 2. The molecule has 0 radical (unpaired) electrons. The van der Waals surface area contributed by atoms with Crippen LogP contribution in [0.3, 0.4) is 0 Å². The second kappa shape index (κ2) is 6.45. The average molecular weight is 230 g/mol. The molecule has 0 aliphatic carbocycles. The van der Waals surface area contributed by atoms with E-state index in [0.29, 0.717) is 18.8 Å². The van der Waals surface area contributed by atoms with E-state index in [0.717, 1.165) is 18.4 Å². The first-order valence-corrected chi connectivity index (χ1v) is 5.55. The Balaban J connectivity index is 2.27.